The fraction of sp³-hybridized carbons (Fsp3) is 0.385. The average Bonchev–Trinajstić information content (AvgIpc) is 2.87. The van der Waals surface area contributed by atoms with Crippen molar-refractivity contribution in [3.63, 3.8) is 0 Å². The van der Waals surface area contributed by atoms with Crippen LogP contribution in [-0.4, -0.2) is 31.6 Å². The number of benzene rings is 1. The van der Waals surface area contributed by atoms with E-state index in [2.05, 4.69) is 10.2 Å². The number of carbonyl (C=O) groups excluding carboxylic acids is 2. The Bertz CT molecular complexity index is 527. The minimum atomic E-state index is -0.426. The Hall–Kier alpha value is -2.04. The molecule has 0 aromatic heterocycles. The lowest BCUT2D eigenvalue weighted by molar-refractivity contribution is -0.117. The number of carbonyl (C=O) groups is 2. The molecular formula is C13H14N2O3. The van der Waals surface area contributed by atoms with Crippen molar-refractivity contribution in [2.45, 2.75) is 18.9 Å². The lowest BCUT2D eigenvalue weighted by Crippen LogP contribution is -2.44. The SMILES string of the molecule is COC(=O)c1cccc2c1NC(=O)C1CCCN21. The highest BCUT2D eigenvalue weighted by Gasteiger charge is 2.37. The predicted molar refractivity (Wildman–Crippen MR) is 66.8 cm³/mol. The van der Waals surface area contributed by atoms with Crippen LogP contribution >= 0.6 is 0 Å². The summed E-state index contributed by atoms with van der Waals surface area (Å²) < 4.78 is 4.74. The van der Waals surface area contributed by atoms with Gasteiger partial charge in [-0.2, -0.15) is 0 Å². The maximum Gasteiger partial charge on any atom is 0.340 e. The Kier molecular flexibility index (Phi) is 2.47. The summed E-state index contributed by atoms with van der Waals surface area (Å²) in [4.78, 5) is 25.8. The standard InChI is InChI=1S/C13H14N2O3/c1-18-13(17)8-4-2-5-9-11(8)14-12(16)10-6-3-7-15(9)10/h2,4-5,10H,3,6-7H2,1H3,(H,14,16). The summed E-state index contributed by atoms with van der Waals surface area (Å²) in [5.41, 5.74) is 1.90. The zero-order valence-corrected chi connectivity index (χ0v) is 10.1. The first-order valence-corrected chi connectivity index (χ1v) is 6.01. The fourth-order valence-corrected chi connectivity index (χ4v) is 2.73. The average molecular weight is 246 g/mol. The molecule has 1 saturated heterocycles. The Labute approximate surface area is 105 Å². The number of para-hydroxylation sites is 1. The van der Waals surface area contributed by atoms with Crippen molar-refractivity contribution >= 4 is 23.3 Å². The Morgan fingerprint density at radius 2 is 2.33 bits per heavy atom. The van der Waals surface area contributed by atoms with E-state index in [9.17, 15) is 9.59 Å². The topological polar surface area (TPSA) is 58.6 Å². The molecular weight excluding hydrogens is 232 g/mol. The minimum Gasteiger partial charge on any atom is -0.465 e. The number of rotatable bonds is 1. The largest absolute Gasteiger partial charge is 0.465 e. The monoisotopic (exact) mass is 246 g/mol. The molecule has 0 radical (unpaired) electrons. The first kappa shape index (κ1) is 11.1. The maximum atomic E-state index is 12.0. The van der Waals surface area contributed by atoms with Gasteiger partial charge < -0.3 is 15.0 Å². The summed E-state index contributed by atoms with van der Waals surface area (Å²) in [6.45, 7) is 0.857. The minimum absolute atomic E-state index is 0.0312. The van der Waals surface area contributed by atoms with E-state index in [4.69, 9.17) is 4.74 Å². The third kappa shape index (κ3) is 1.47. The molecule has 1 aromatic carbocycles. The number of nitrogens with zero attached hydrogens (tertiary/aromatic N) is 1. The van der Waals surface area contributed by atoms with Crippen LogP contribution in [-0.2, 0) is 9.53 Å². The highest BCUT2D eigenvalue weighted by atomic mass is 16.5. The highest BCUT2D eigenvalue weighted by molar-refractivity contribution is 6.10. The lowest BCUT2D eigenvalue weighted by atomic mass is 10.1. The summed E-state index contributed by atoms with van der Waals surface area (Å²) >= 11 is 0. The van der Waals surface area contributed by atoms with Crippen LogP contribution in [0.5, 0.6) is 0 Å². The second-order valence-corrected chi connectivity index (χ2v) is 4.53. The molecule has 3 rings (SSSR count). The van der Waals surface area contributed by atoms with E-state index in [1.165, 1.54) is 7.11 Å². The van der Waals surface area contributed by atoms with Gasteiger partial charge in [0.2, 0.25) is 5.91 Å². The molecule has 1 unspecified atom stereocenters. The molecule has 2 aliphatic heterocycles. The molecule has 0 saturated carbocycles. The lowest BCUT2D eigenvalue weighted by Gasteiger charge is -2.33. The molecule has 18 heavy (non-hydrogen) atoms. The van der Waals surface area contributed by atoms with E-state index in [1.807, 2.05) is 12.1 Å². The number of hydrogen-bond donors (Lipinski definition) is 1. The van der Waals surface area contributed by atoms with Gasteiger partial charge in [0.05, 0.1) is 24.0 Å². The van der Waals surface area contributed by atoms with Gasteiger partial charge in [0, 0.05) is 6.54 Å². The number of amides is 1. The van der Waals surface area contributed by atoms with Crippen molar-refractivity contribution in [1.82, 2.24) is 0 Å². The molecule has 1 aromatic rings. The molecule has 1 amide bonds. The van der Waals surface area contributed by atoms with Crippen molar-refractivity contribution in [3.8, 4) is 0 Å². The normalized spacial score (nSPS) is 21.1. The third-order valence-corrected chi connectivity index (χ3v) is 3.56. The Morgan fingerprint density at radius 1 is 1.50 bits per heavy atom. The molecule has 2 heterocycles. The molecule has 2 aliphatic rings. The van der Waals surface area contributed by atoms with Crippen molar-refractivity contribution in [2.24, 2.45) is 0 Å². The van der Waals surface area contributed by atoms with Gasteiger partial charge in [0.1, 0.15) is 6.04 Å². The number of anilines is 2. The van der Waals surface area contributed by atoms with Crippen LogP contribution in [0.1, 0.15) is 23.2 Å². The van der Waals surface area contributed by atoms with E-state index >= 15 is 0 Å². The number of hydrogen-bond acceptors (Lipinski definition) is 4. The second-order valence-electron chi connectivity index (χ2n) is 4.53. The van der Waals surface area contributed by atoms with Gasteiger partial charge in [0.25, 0.3) is 0 Å². The second kappa shape index (κ2) is 4.01. The molecule has 1 fully saturated rings. The van der Waals surface area contributed by atoms with E-state index in [1.54, 1.807) is 6.07 Å². The summed E-state index contributed by atoms with van der Waals surface area (Å²) in [6, 6.07) is 5.32. The van der Waals surface area contributed by atoms with Crippen LogP contribution in [0.25, 0.3) is 0 Å². The van der Waals surface area contributed by atoms with E-state index in [-0.39, 0.29) is 11.9 Å². The molecule has 0 aliphatic carbocycles. The molecule has 1 atom stereocenters. The van der Waals surface area contributed by atoms with Crippen LogP contribution in [0.2, 0.25) is 0 Å². The number of esters is 1. The van der Waals surface area contributed by atoms with Crippen molar-refractivity contribution in [1.29, 1.82) is 0 Å². The summed E-state index contributed by atoms with van der Waals surface area (Å²) in [5.74, 6) is -0.457. The van der Waals surface area contributed by atoms with Crippen LogP contribution in [0.3, 0.4) is 0 Å². The fourth-order valence-electron chi connectivity index (χ4n) is 2.73. The van der Waals surface area contributed by atoms with Crippen molar-refractivity contribution in [2.75, 3.05) is 23.9 Å². The molecule has 5 heteroatoms. The first-order valence-electron chi connectivity index (χ1n) is 6.01. The van der Waals surface area contributed by atoms with Crippen molar-refractivity contribution in [3.05, 3.63) is 23.8 Å². The quantitative estimate of drug-likeness (QED) is 0.761. The summed E-state index contributed by atoms with van der Waals surface area (Å²) in [5, 5.41) is 2.83. The smallest absolute Gasteiger partial charge is 0.340 e. The molecule has 5 nitrogen and oxygen atoms in total. The van der Waals surface area contributed by atoms with Gasteiger partial charge in [-0.1, -0.05) is 6.07 Å². The van der Waals surface area contributed by atoms with Crippen LogP contribution in [0, 0.1) is 0 Å². The van der Waals surface area contributed by atoms with Crippen LogP contribution in [0.15, 0.2) is 18.2 Å². The number of ether oxygens (including phenoxy) is 1. The van der Waals surface area contributed by atoms with Crippen LogP contribution in [0.4, 0.5) is 11.4 Å². The Morgan fingerprint density at radius 3 is 3.11 bits per heavy atom. The van der Waals surface area contributed by atoms with Crippen molar-refractivity contribution < 1.29 is 14.3 Å². The molecule has 0 spiro atoms. The summed E-state index contributed by atoms with van der Waals surface area (Å²) in [7, 11) is 1.34. The van der Waals surface area contributed by atoms with Gasteiger partial charge in [-0.3, -0.25) is 4.79 Å². The number of nitrogens with one attached hydrogen (secondary N) is 1. The van der Waals surface area contributed by atoms with Gasteiger partial charge in [-0.05, 0) is 25.0 Å². The zero-order valence-electron chi connectivity index (χ0n) is 10.1. The van der Waals surface area contributed by atoms with Gasteiger partial charge in [-0.25, -0.2) is 4.79 Å². The first-order chi connectivity index (χ1) is 8.72. The van der Waals surface area contributed by atoms with Gasteiger partial charge >= 0.3 is 5.97 Å². The van der Waals surface area contributed by atoms with E-state index < -0.39 is 5.97 Å². The number of fused-ring (bicyclic) bond motifs is 3. The summed E-state index contributed by atoms with van der Waals surface area (Å²) in [6.07, 6.45) is 1.87. The maximum absolute atomic E-state index is 12.0. The van der Waals surface area contributed by atoms with Crippen LogP contribution < -0.4 is 10.2 Å². The molecule has 94 valence electrons. The van der Waals surface area contributed by atoms with Gasteiger partial charge in [-0.15, -0.1) is 0 Å². The highest BCUT2D eigenvalue weighted by Crippen LogP contribution is 2.38. The van der Waals surface area contributed by atoms with Gasteiger partial charge in [0.15, 0.2) is 0 Å². The predicted octanol–water partition coefficient (Wildman–Crippen LogP) is 1.39. The third-order valence-electron chi connectivity index (χ3n) is 3.56. The number of methoxy groups -OCH3 is 1. The molecule has 0 bridgehead atoms. The zero-order chi connectivity index (χ0) is 12.7. The van der Waals surface area contributed by atoms with E-state index in [0.717, 1.165) is 25.1 Å². The Balaban J connectivity index is 2.12. The molecule has 1 N–H and O–H groups in total. The van der Waals surface area contributed by atoms with E-state index in [0.29, 0.717) is 11.3 Å².